The van der Waals surface area contributed by atoms with Crippen molar-refractivity contribution >= 4 is 33.7 Å². The number of hydrogen-bond acceptors (Lipinski definition) is 5. The fourth-order valence-corrected chi connectivity index (χ4v) is 3.60. The molecule has 0 saturated carbocycles. The first-order chi connectivity index (χ1) is 14.3. The first-order valence-electron chi connectivity index (χ1n) is 9.58. The Hall–Kier alpha value is -3.87. The van der Waals surface area contributed by atoms with E-state index in [9.17, 15) is 0 Å². The second-order valence-electron chi connectivity index (χ2n) is 7.07. The molecule has 5 aromatic rings. The van der Waals surface area contributed by atoms with Gasteiger partial charge in [0.1, 0.15) is 5.82 Å². The monoisotopic (exact) mass is 383 g/mol. The van der Waals surface area contributed by atoms with Gasteiger partial charge in [-0.3, -0.25) is 0 Å². The van der Waals surface area contributed by atoms with Crippen LogP contribution in [0.4, 0.5) is 11.8 Å². The molecule has 0 saturated heterocycles. The van der Waals surface area contributed by atoms with Crippen molar-refractivity contribution in [2.45, 2.75) is 12.8 Å². The van der Waals surface area contributed by atoms with Gasteiger partial charge in [0, 0.05) is 41.8 Å². The summed E-state index contributed by atoms with van der Waals surface area (Å²) in [6, 6.07) is 14.4. The molecule has 0 bridgehead atoms. The van der Waals surface area contributed by atoms with Crippen LogP contribution < -0.4 is 11.1 Å². The van der Waals surface area contributed by atoms with E-state index in [1.807, 2.05) is 12.1 Å². The number of H-pyrrole nitrogens is 2. The minimum atomic E-state index is 0.499. The highest BCUT2D eigenvalue weighted by molar-refractivity contribution is 5.83. The van der Waals surface area contributed by atoms with Crippen molar-refractivity contribution in [2.24, 2.45) is 0 Å². The van der Waals surface area contributed by atoms with Crippen LogP contribution in [0.2, 0.25) is 0 Å². The Morgan fingerprint density at radius 2 is 1.90 bits per heavy atom. The van der Waals surface area contributed by atoms with E-state index in [0.29, 0.717) is 18.2 Å². The number of nitrogen functional groups attached to an aromatic ring is 1. The van der Waals surface area contributed by atoms with E-state index in [1.54, 1.807) is 12.5 Å². The number of fused-ring (bicyclic) bond motifs is 2. The van der Waals surface area contributed by atoms with Crippen LogP contribution in [0.5, 0.6) is 0 Å². The van der Waals surface area contributed by atoms with Crippen LogP contribution in [0.3, 0.4) is 0 Å². The topological polar surface area (TPSA) is 108 Å². The lowest BCUT2D eigenvalue weighted by atomic mass is 10.1. The van der Waals surface area contributed by atoms with E-state index in [2.05, 4.69) is 66.8 Å². The van der Waals surface area contributed by atoms with Gasteiger partial charge in [0.15, 0.2) is 0 Å². The molecule has 3 aromatic heterocycles. The van der Waals surface area contributed by atoms with Crippen molar-refractivity contribution in [1.82, 2.24) is 24.9 Å². The molecule has 0 atom stereocenters. The number of aromatic amines is 2. The summed E-state index contributed by atoms with van der Waals surface area (Å²) in [7, 11) is 0. The second kappa shape index (κ2) is 7.27. The number of imidazole rings is 1. The molecule has 0 aliphatic rings. The number of anilines is 2. The number of hydrogen-bond donors (Lipinski definition) is 4. The van der Waals surface area contributed by atoms with Gasteiger partial charge in [0.05, 0.1) is 17.4 Å². The smallest absolute Gasteiger partial charge is 0.224 e. The lowest BCUT2D eigenvalue weighted by molar-refractivity contribution is 0.982. The zero-order valence-corrected chi connectivity index (χ0v) is 15.8. The quantitative estimate of drug-likeness (QED) is 0.358. The molecule has 0 aliphatic carbocycles. The molecule has 0 spiro atoms. The van der Waals surface area contributed by atoms with E-state index < -0.39 is 0 Å². The summed E-state index contributed by atoms with van der Waals surface area (Å²) in [6.45, 7) is 0.733. The summed E-state index contributed by atoms with van der Waals surface area (Å²) in [5.41, 5.74) is 12.6. The summed E-state index contributed by atoms with van der Waals surface area (Å²) < 4.78 is 0. The Bertz CT molecular complexity index is 1280. The van der Waals surface area contributed by atoms with Crippen LogP contribution in [0, 0.1) is 0 Å². The third kappa shape index (κ3) is 3.50. The predicted octanol–water partition coefficient (Wildman–Crippen LogP) is 3.66. The molecule has 0 unspecified atom stereocenters. The van der Waals surface area contributed by atoms with Crippen molar-refractivity contribution in [3.8, 4) is 0 Å². The maximum atomic E-state index is 6.19. The number of aromatic nitrogens is 5. The summed E-state index contributed by atoms with van der Waals surface area (Å²) in [5.74, 6) is 1.05. The van der Waals surface area contributed by atoms with E-state index in [-0.39, 0.29) is 0 Å². The van der Waals surface area contributed by atoms with Crippen LogP contribution in [-0.4, -0.2) is 31.5 Å². The lowest BCUT2D eigenvalue weighted by Gasteiger charge is -2.09. The van der Waals surface area contributed by atoms with Crippen LogP contribution in [-0.2, 0) is 12.8 Å². The lowest BCUT2D eigenvalue weighted by Crippen LogP contribution is -2.10. The van der Waals surface area contributed by atoms with Crippen LogP contribution >= 0.6 is 0 Å². The average Bonchev–Trinajstić information content (AvgIpc) is 3.37. The Morgan fingerprint density at radius 1 is 0.966 bits per heavy atom. The van der Waals surface area contributed by atoms with Crippen molar-refractivity contribution in [3.05, 3.63) is 77.9 Å². The van der Waals surface area contributed by atoms with Gasteiger partial charge in [0.2, 0.25) is 5.95 Å². The van der Waals surface area contributed by atoms with Gasteiger partial charge in [0.25, 0.3) is 0 Å². The number of nitrogens with two attached hydrogens (primary N) is 1. The van der Waals surface area contributed by atoms with Crippen LogP contribution in [0.25, 0.3) is 21.9 Å². The summed E-state index contributed by atoms with van der Waals surface area (Å²) >= 11 is 0. The number of rotatable bonds is 6. The van der Waals surface area contributed by atoms with Gasteiger partial charge in [-0.1, -0.05) is 24.3 Å². The standard InChI is InChI=1S/C22H21N7/c23-21-16(9-14-5-6-19-20(10-14)28-13-27-19)12-26-22(29-21)24-8-7-15-11-25-18-4-2-1-3-17(15)18/h1-6,10-13,25H,7-9H2,(H,27,28)(H3,23,24,26,29). The largest absolute Gasteiger partial charge is 0.383 e. The zero-order chi connectivity index (χ0) is 19.6. The number of nitrogens with zero attached hydrogens (tertiary/aromatic N) is 3. The maximum Gasteiger partial charge on any atom is 0.224 e. The first kappa shape index (κ1) is 17.2. The van der Waals surface area contributed by atoms with Crippen molar-refractivity contribution < 1.29 is 0 Å². The average molecular weight is 383 g/mol. The molecular formula is C22H21N7. The highest BCUT2D eigenvalue weighted by Gasteiger charge is 2.08. The van der Waals surface area contributed by atoms with Crippen molar-refractivity contribution in [1.29, 1.82) is 0 Å². The van der Waals surface area contributed by atoms with Crippen molar-refractivity contribution in [3.63, 3.8) is 0 Å². The summed E-state index contributed by atoms with van der Waals surface area (Å²) in [5, 5.41) is 4.52. The summed E-state index contributed by atoms with van der Waals surface area (Å²) in [4.78, 5) is 19.5. The molecule has 2 aromatic carbocycles. The van der Waals surface area contributed by atoms with Gasteiger partial charge in [-0.15, -0.1) is 0 Å². The predicted molar refractivity (Wildman–Crippen MR) is 116 cm³/mol. The molecule has 0 fully saturated rings. The molecule has 3 heterocycles. The van der Waals surface area contributed by atoms with Crippen LogP contribution in [0.1, 0.15) is 16.7 Å². The molecular weight excluding hydrogens is 362 g/mol. The fraction of sp³-hybridized carbons (Fsp3) is 0.136. The molecule has 0 aliphatic heterocycles. The Labute approximate surface area is 167 Å². The molecule has 144 valence electrons. The third-order valence-corrected chi connectivity index (χ3v) is 5.13. The molecule has 5 N–H and O–H groups in total. The van der Waals surface area contributed by atoms with E-state index in [0.717, 1.165) is 40.6 Å². The van der Waals surface area contributed by atoms with E-state index in [1.165, 1.54) is 10.9 Å². The Balaban J connectivity index is 1.24. The highest BCUT2D eigenvalue weighted by Crippen LogP contribution is 2.20. The summed E-state index contributed by atoms with van der Waals surface area (Å²) in [6.07, 6.45) is 7.10. The van der Waals surface area contributed by atoms with Gasteiger partial charge >= 0.3 is 0 Å². The number of para-hydroxylation sites is 1. The van der Waals surface area contributed by atoms with Crippen molar-refractivity contribution in [2.75, 3.05) is 17.6 Å². The van der Waals surface area contributed by atoms with Gasteiger partial charge < -0.3 is 21.0 Å². The number of benzene rings is 2. The third-order valence-electron chi connectivity index (χ3n) is 5.13. The van der Waals surface area contributed by atoms with Crippen LogP contribution in [0.15, 0.2) is 61.2 Å². The maximum absolute atomic E-state index is 6.19. The SMILES string of the molecule is Nc1nc(NCCc2c[nH]c3ccccc23)ncc1Cc1ccc2nc[nH]c2c1. The Morgan fingerprint density at radius 3 is 2.83 bits per heavy atom. The highest BCUT2D eigenvalue weighted by atomic mass is 15.1. The van der Waals surface area contributed by atoms with Gasteiger partial charge in [-0.2, -0.15) is 4.98 Å². The van der Waals surface area contributed by atoms with E-state index >= 15 is 0 Å². The zero-order valence-electron chi connectivity index (χ0n) is 15.8. The van der Waals surface area contributed by atoms with Gasteiger partial charge in [-0.25, -0.2) is 9.97 Å². The molecule has 29 heavy (non-hydrogen) atoms. The molecule has 0 radical (unpaired) electrons. The van der Waals surface area contributed by atoms with E-state index in [4.69, 9.17) is 5.73 Å². The fourth-order valence-electron chi connectivity index (χ4n) is 3.60. The first-order valence-corrected chi connectivity index (χ1v) is 9.58. The molecule has 7 nitrogen and oxygen atoms in total. The minimum Gasteiger partial charge on any atom is -0.383 e. The second-order valence-corrected chi connectivity index (χ2v) is 7.07. The molecule has 5 rings (SSSR count). The number of nitrogens with one attached hydrogen (secondary N) is 3. The minimum absolute atomic E-state index is 0.499. The van der Waals surface area contributed by atoms with Gasteiger partial charge in [-0.05, 0) is 35.7 Å². The Kier molecular flexibility index (Phi) is 4.32. The molecule has 0 amide bonds. The molecule has 7 heteroatoms. The normalized spacial score (nSPS) is 11.3.